The van der Waals surface area contributed by atoms with E-state index in [0.29, 0.717) is 22.5 Å². The van der Waals surface area contributed by atoms with Gasteiger partial charge in [-0.25, -0.2) is 13.6 Å². The number of carbonyl (C=O) groups excluding carboxylic acids is 2. The molecule has 2 amide bonds. The monoisotopic (exact) mass is 413 g/mol. The molecule has 1 heterocycles. The second kappa shape index (κ2) is 7.90. The van der Waals surface area contributed by atoms with Crippen LogP contribution in [0.25, 0.3) is 0 Å². The van der Waals surface area contributed by atoms with Crippen LogP contribution in [0.5, 0.6) is 0 Å². The first-order valence-electron chi connectivity index (χ1n) is 8.55. The van der Waals surface area contributed by atoms with E-state index in [0.717, 1.165) is 0 Å². The summed E-state index contributed by atoms with van der Waals surface area (Å²) in [6.07, 6.45) is 1.39. The molecule has 0 aliphatic heterocycles. The topological polar surface area (TPSA) is 132 Å². The minimum atomic E-state index is -3.91. The summed E-state index contributed by atoms with van der Waals surface area (Å²) in [6, 6.07) is 12.2. The fraction of sp³-hybridized carbons (Fsp3) is 0.100. The zero-order chi connectivity index (χ0) is 21.2. The maximum absolute atomic E-state index is 12.7. The third-order valence-electron chi connectivity index (χ3n) is 4.35. The molecule has 0 atom stereocenters. The molecule has 1 aromatic heterocycles. The SMILES string of the molecule is Cc1cc(S(N)(=O)=O)cc(NC(=O)c2cccc(NC(=O)c3ccco3)c2)c1C. The number of amides is 2. The van der Waals surface area contributed by atoms with E-state index in [4.69, 9.17) is 9.56 Å². The molecule has 0 fully saturated rings. The molecule has 0 spiro atoms. The Hall–Kier alpha value is -3.43. The third kappa shape index (κ3) is 4.71. The number of primary sulfonamides is 1. The van der Waals surface area contributed by atoms with Crippen LogP contribution in [0.2, 0.25) is 0 Å². The van der Waals surface area contributed by atoms with Crippen LogP contribution in [0.1, 0.15) is 32.0 Å². The van der Waals surface area contributed by atoms with Crippen molar-refractivity contribution in [2.24, 2.45) is 5.14 Å². The number of hydrogen-bond acceptors (Lipinski definition) is 5. The molecule has 0 aliphatic carbocycles. The van der Waals surface area contributed by atoms with Gasteiger partial charge in [-0.05, 0) is 67.4 Å². The largest absolute Gasteiger partial charge is 0.459 e. The summed E-state index contributed by atoms with van der Waals surface area (Å²) in [5, 5.41) is 10.5. The van der Waals surface area contributed by atoms with Gasteiger partial charge in [0.25, 0.3) is 11.8 Å². The van der Waals surface area contributed by atoms with Crippen molar-refractivity contribution in [3.8, 4) is 0 Å². The standard InChI is InChI=1S/C20H19N3O5S/c1-12-9-16(29(21,26)27)11-17(13(12)2)23-19(24)14-5-3-6-15(10-14)22-20(25)18-7-4-8-28-18/h3-11H,1-2H3,(H,22,25)(H,23,24)(H2,21,26,27). The summed E-state index contributed by atoms with van der Waals surface area (Å²) < 4.78 is 28.4. The lowest BCUT2D eigenvalue weighted by atomic mass is 10.1. The lowest BCUT2D eigenvalue weighted by Crippen LogP contribution is -2.17. The molecule has 8 nitrogen and oxygen atoms in total. The second-order valence-electron chi connectivity index (χ2n) is 6.42. The molecular formula is C20H19N3O5S. The van der Waals surface area contributed by atoms with E-state index in [1.165, 1.54) is 30.5 Å². The Kier molecular flexibility index (Phi) is 5.53. The van der Waals surface area contributed by atoms with Crippen LogP contribution < -0.4 is 15.8 Å². The van der Waals surface area contributed by atoms with Crippen LogP contribution in [-0.4, -0.2) is 20.2 Å². The molecule has 150 valence electrons. The summed E-state index contributed by atoms with van der Waals surface area (Å²) >= 11 is 0. The molecule has 0 saturated heterocycles. The molecule has 0 saturated carbocycles. The number of aryl methyl sites for hydroxylation is 1. The van der Waals surface area contributed by atoms with Crippen LogP contribution >= 0.6 is 0 Å². The average molecular weight is 413 g/mol. The van der Waals surface area contributed by atoms with E-state index in [9.17, 15) is 18.0 Å². The maximum Gasteiger partial charge on any atom is 0.291 e. The predicted octanol–water partition coefficient (Wildman–Crippen LogP) is 3.05. The minimum Gasteiger partial charge on any atom is -0.459 e. The van der Waals surface area contributed by atoms with Gasteiger partial charge >= 0.3 is 0 Å². The van der Waals surface area contributed by atoms with Crippen molar-refractivity contribution in [2.45, 2.75) is 18.7 Å². The number of sulfonamides is 1. The van der Waals surface area contributed by atoms with Crippen molar-refractivity contribution >= 4 is 33.2 Å². The normalized spacial score (nSPS) is 11.1. The highest BCUT2D eigenvalue weighted by Gasteiger charge is 2.16. The molecule has 2 aromatic carbocycles. The van der Waals surface area contributed by atoms with Crippen molar-refractivity contribution in [3.05, 3.63) is 77.2 Å². The second-order valence-corrected chi connectivity index (χ2v) is 7.99. The summed E-state index contributed by atoms with van der Waals surface area (Å²) in [6.45, 7) is 3.49. The van der Waals surface area contributed by atoms with Gasteiger partial charge in [0.15, 0.2) is 5.76 Å². The average Bonchev–Trinajstić information content (AvgIpc) is 3.19. The summed E-state index contributed by atoms with van der Waals surface area (Å²) in [7, 11) is -3.91. The van der Waals surface area contributed by atoms with Crippen LogP contribution in [0.4, 0.5) is 11.4 Å². The van der Waals surface area contributed by atoms with Gasteiger partial charge < -0.3 is 15.1 Å². The van der Waals surface area contributed by atoms with Gasteiger partial charge in [0.1, 0.15) is 0 Å². The van der Waals surface area contributed by atoms with Crippen LogP contribution in [0.3, 0.4) is 0 Å². The van der Waals surface area contributed by atoms with Crippen LogP contribution in [0.15, 0.2) is 64.1 Å². The van der Waals surface area contributed by atoms with Gasteiger partial charge in [-0.15, -0.1) is 0 Å². The summed E-state index contributed by atoms with van der Waals surface area (Å²) in [5.41, 5.74) is 2.41. The first kappa shape index (κ1) is 20.3. The minimum absolute atomic E-state index is 0.0876. The van der Waals surface area contributed by atoms with Crippen molar-refractivity contribution in [3.63, 3.8) is 0 Å². The fourth-order valence-corrected chi connectivity index (χ4v) is 3.28. The Morgan fingerprint density at radius 2 is 1.72 bits per heavy atom. The first-order valence-corrected chi connectivity index (χ1v) is 10.1. The number of hydrogen-bond donors (Lipinski definition) is 3. The molecule has 0 radical (unpaired) electrons. The smallest absolute Gasteiger partial charge is 0.291 e. The van der Waals surface area contributed by atoms with Gasteiger partial charge in [-0.2, -0.15) is 0 Å². The van der Waals surface area contributed by atoms with Crippen molar-refractivity contribution < 1.29 is 22.4 Å². The number of nitrogens with one attached hydrogen (secondary N) is 2. The van der Waals surface area contributed by atoms with E-state index in [1.54, 1.807) is 38.1 Å². The van der Waals surface area contributed by atoms with Crippen LogP contribution in [-0.2, 0) is 10.0 Å². The van der Waals surface area contributed by atoms with E-state index in [1.807, 2.05) is 0 Å². The molecule has 9 heteroatoms. The summed E-state index contributed by atoms with van der Waals surface area (Å²) in [4.78, 5) is 24.7. The molecule has 3 aromatic rings. The number of benzene rings is 2. The van der Waals surface area contributed by atoms with Crippen molar-refractivity contribution in [1.82, 2.24) is 0 Å². The Morgan fingerprint density at radius 1 is 0.966 bits per heavy atom. The van der Waals surface area contributed by atoms with E-state index in [2.05, 4.69) is 10.6 Å². The fourth-order valence-electron chi connectivity index (χ4n) is 2.65. The molecule has 0 aliphatic rings. The van der Waals surface area contributed by atoms with Crippen molar-refractivity contribution in [1.29, 1.82) is 0 Å². The lowest BCUT2D eigenvalue weighted by molar-refractivity contribution is 0.0993. The highest BCUT2D eigenvalue weighted by Crippen LogP contribution is 2.24. The van der Waals surface area contributed by atoms with Crippen LogP contribution in [0, 0.1) is 13.8 Å². The Labute approximate surface area is 167 Å². The van der Waals surface area contributed by atoms with E-state index in [-0.39, 0.29) is 16.2 Å². The molecule has 0 unspecified atom stereocenters. The number of anilines is 2. The quantitative estimate of drug-likeness (QED) is 0.591. The van der Waals surface area contributed by atoms with Gasteiger partial charge in [0.05, 0.1) is 11.2 Å². The van der Waals surface area contributed by atoms with E-state index < -0.39 is 21.8 Å². The van der Waals surface area contributed by atoms with Gasteiger partial charge in [0, 0.05) is 16.9 Å². The molecule has 3 rings (SSSR count). The highest BCUT2D eigenvalue weighted by molar-refractivity contribution is 7.89. The lowest BCUT2D eigenvalue weighted by Gasteiger charge is -2.13. The first-order chi connectivity index (χ1) is 13.6. The Morgan fingerprint density at radius 3 is 2.38 bits per heavy atom. The number of nitrogens with two attached hydrogens (primary N) is 1. The number of furan rings is 1. The Balaban J connectivity index is 1.83. The summed E-state index contributed by atoms with van der Waals surface area (Å²) in [5.74, 6) is -0.765. The third-order valence-corrected chi connectivity index (χ3v) is 5.24. The van der Waals surface area contributed by atoms with Crippen molar-refractivity contribution in [2.75, 3.05) is 10.6 Å². The van der Waals surface area contributed by atoms with Gasteiger partial charge in [-0.1, -0.05) is 6.07 Å². The highest BCUT2D eigenvalue weighted by atomic mass is 32.2. The molecule has 0 bridgehead atoms. The van der Waals surface area contributed by atoms with Gasteiger partial charge in [-0.3, -0.25) is 9.59 Å². The molecular weight excluding hydrogens is 394 g/mol. The zero-order valence-electron chi connectivity index (χ0n) is 15.7. The maximum atomic E-state index is 12.7. The number of carbonyl (C=O) groups is 2. The predicted molar refractivity (Wildman–Crippen MR) is 108 cm³/mol. The number of rotatable bonds is 5. The van der Waals surface area contributed by atoms with Gasteiger partial charge in [0.2, 0.25) is 10.0 Å². The molecule has 29 heavy (non-hydrogen) atoms. The zero-order valence-corrected chi connectivity index (χ0v) is 16.5. The van der Waals surface area contributed by atoms with E-state index >= 15 is 0 Å². The Bertz CT molecular complexity index is 1180. The molecule has 4 N–H and O–H groups in total.